The number of carbonyl (C=O) groups is 1. The molecule has 4 heteroatoms. The summed E-state index contributed by atoms with van der Waals surface area (Å²) in [5, 5.41) is 3.03. The third-order valence-electron chi connectivity index (χ3n) is 2.26. The number of nitrogens with one attached hydrogen (secondary N) is 1. The Morgan fingerprint density at radius 1 is 1.69 bits per heavy atom. The van der Waals surface area contributed by atoms with Gasteiger partial charge in [-0.05, 0) is 6.42 Å². The molecule has 76 valence electrons. The fourth-order valence-electron chi connectivity index (χ4n) is 1.53. The van der Waals surface area contributed by atoms with Crippen molar-refractivity contribution < 1.29 is 9.18 Å². The lowest BCUT2D eigenvalue weighted by atomic mass is 10.2. The van der Waals surface area contributed by atoms with Crippen LogP contribution in [0, 0.1) is 0 Å². The summed E-state index contributed by atoms with van der Waals surface area (Å²) >= 11 is 0. The van der Waals surface area contributed by atoms with Crippen LogP contribution in [0.25, 0.3) is 0 Å². The zero-order chi connectivity index (χ0) is 9.68. The Morgan fingerprint density at radius 2 is 2.46 bits per heavy atom. The molecule has 0 aromatic rings. The Morgan fingerprint density at radius 3 is 3.08 bits per heavy atom. The number of nitrogens with zero attached hydrogens (tertiary/aromatic N) is 1. The molecule has 13 heavy (non-hydrogen) atoms. The lowest BCUT2D eigenvalue weighted by molar-refractivity contribution is -0.132. The van der Waals surface area contributed by atoms with Gasteiger partial charge in [0.1, 0.15) is 6.67 Å². The molecule has 0 aromatic carbocycles. The Hall–Kier alpha value is -0.640. The zero-order valence-corrected chi connectivity index (χ0v) is 8.05. The van der Waals surface area contributed by atoms with Gasteiger partial charge in [0.15, 0.2) is 0 Å². The van der Waals surface area contributed by atoms with Crippen molar-refractivity contribution in [1.29, 1.82) is 0 Å². The number of alkyl halides is 1. The minimum Gasteiger partial charge on any atom is -0.340 e. The van der Waals surface area contributed by atoms with E-state index in [4.69, 9.17) is 0 Å². The SMILES string of the molecule is CCCC(=O)N1CCNC(CF)C1. The highest BCUT2D eigenvalue weighted by Crippen LogP contribution is 2.03. The molecule has 0 aromatic heterocycles. The molecule has 0 spiro atoms. The van der Waals surface area contributed by atoms with Crippen molar-refractivity contribution in [3.05, 3.63) is 0 Å². The first-order valence-corrected chi connectivity index (χ1v) is 4.85. The molecule has 0 saturated carbocycles. The van der Waals surface area contributed by atoms with Crippen LogP contribution in [-0.2, 0) is 4.79 Å². The first kappa shape index (κ1) is 10.4. The van der Waals surface area contributed by atoms with Crippen LogP contribution >= 0.6 is 0 Å². The summed E-state index contributed by atoms with van der Waals surface area (Å²) in [5.41, 5.74) is 0. The molecule has 3 nitrogen and oxygen atoms in total. The second-order valence-electron chi connectivity index (χ2n) is 3.40. The average molecular weight is 188 g/mol. The number of hydrogen-bond acceptors (Lipinski definition) is 2. The zero-order valence-electron chi connectivity index (χ0n) is 8.05. The molecule has 1 fully saturated rings. The van der Waals surface area contributed by atoms with Gasteiger partial charge in [-0.2, -0.15) is 0 Å². The van der Waals surface area contributed by atoms with Crippen LogP contribution in [-0.4, -0.2) is 43.2 Å². The van der Waals surface area contributed by atoms with Crippen LogP contribution in [0.3, 0.4) is 0 Å². The lowest BCUT2D eigenvalue weighted by Crippen LogP contribution is -2.53. The minimum absolute atomic E-state index is 0.155. The van der Waals surface area contributed by atoms with Crippen molar-refractivity contribution in [2.45, 2.75) is 25.8 Å². The number of amides is 1. The number of carbonyl (C=O) groups excluding carboxylic acids is 1. The Bertz CT molecular complexity index is 175. The minimum atomic E-state index is -0.393. The van der Waals surface area contributed by atoms with Crippen molar-refractivity contribution in [3.8, 4) is 0 Å². The van der Waals surface area contributed by atoms with Gasteiger partial charge in [0.25, 0.3) is 0 Å². The molecule has 0 bridgehead atoms. The van der Waals surface area contributed by atoms with Gasteiger partial charge in [-0.3, -0.25) is 4.79 Å². The summed E-state index contributed by atoms with van der Waals surface area (Å²) in [6, 6.07) is -0.158. The molecule has 1 amide bonds. The molecule has 1 aliphatic rings. The molecule has 1 atom stereocenters. The molecular weight excluding hydrogens is 171 g/mol. The van der Waals surface area contributed by atoms with E-state index in [1.807, 2.05) is 6.92 Å². The van der Waals surface area contributed by atoms with E-state index in [1.165, 1.54) is 0 Å². The maximum absolute atomic E-state index is 12.3. The van der Waals surface area contributed by atoms with Crippen molar-refractivity contribution in [2.75, 3.05) is 26.3 Å². The number of halogens is 1. The van der Waals surface area contributed by atoms with E-state index in [9.17, 15) is 9.18 Å². The van der Waals surface area contributed by atoms with Crippen molar-refractivity contribution >= 4 is 5.91 Å². The first-order valence-electron chi connectivity index (χ1n) is 4.85. The molecule has 1 aliphatic heterocycles. The highest BCUT2D eigenvalue weighted by atomic mass is 19.1. The molecule has 0 radical (unpaired) electrons. The summed E-state index contributed by atoms with van der Waals surface area (Å²) in [6.07, 6.45) is 1.45. The van der Waals surface area contributed by atoms with E-state index < -0.39 is 6.67 Å². The third kappa shape index (κ3) is 2.95. The highest BCUT2D eigenvalue weighted by molar-refractivity contribution is 5.76. The number of piperazine rings is 1. The monoisotopic (exact) mass is 188 g/mol. The Balaban J connectivity index is 2.37. The molecule has 1 heterocycles. The van der Waals surface area contributed by atoms with Gasteiger partial charge in [0.2, 0.25) is 5.91 Å². The van der Waals surface area contributed by atoms with Crippen LogP contribution in [0.5, 0.6) is 0 Å². The number of rotatable bonds is 3. The van der Waals surface area contributed by atoms with Gasteiger partial charge in [-0.15, -0.1) is 0 Å². The van der Waals surface area contributed by atoms with E-state index >= 15 is 0 Å². The van der Waals surface area contributed by atoms with Crippen LogP contribution in [0.1, 0.15) is 19.8 Å². The summed E-state index contributed by atoms with van der Waals surface area (Å²) in [5.74, 6) is 0.155. The van der Waals surface area contributed by atoms with Gasteiger partial charge in [-0.1, -0.05) is 6.92 Å². The van der Waals surface area contributed by atoms with Crippen LogP contribution in [0.4, 0.5) is 4.39 Å². The average Bonchev–Trinajstić information content (AvgIpc) is 2.18. The summed E-state index contributed by atoms with van der Waals surface area (Å²) in [7, 11) is 0. The summed E-state index contributed by atoms with van der Waals surface area (Å²) < 4.78 is 12.3. The standard InChI is InChI=1S/C9H17FN2O/c1-2-3-9(13)12-5-4-11-8(6-10)7-12/h8,11H,2-7H2,1H3. The Labute approximate surface area is 78.3 Å². The lowest BCUT2D eigenvalue weighted by Gasteiger charge is -2.32. The van der Waals surface area contributed by atoms with Gasteiger partial charge in [-0.25, -0.2) is 4.39 Å². The molecule has 1 N–H and O–H groups in total. The second kappa shape index (κ2) is 5.17. The summed E-state index contributed by atoms with van der Waals surface area (Å²) in [4.78, 5) is 13.2. The van der Waals surface area contributed by atoms with Crippen LogP contribution in [0.15, 0.2) is 0 Å². The van der Waals surface area contributed by atoms with Crippen molar-refractivity contribution in [1.82, 2.24) is 10.2 Å². The highest BCUT2D eigenvalue weighted by Gasteiger charge is 2.21. The topological polar surface area (TPSA) is 32.3 Å². The molecule has 1 rings (SSSR count). The van der Waals surface area contributed by atoms with Gasteiger partial charge in [0, 0.05) is 26.1 Å². The van der Waals surface area contributed by atoms with Gasteiger partial charge < -0.3 is 10.2 Å². The predicted octanol–water partition coefficient (Wildman–Crippen LogP) is 0.556. The largest absolute Gasteiger partial charge is 0.340 e. The molecule has 1 saturated heterocycles. The fourth-order valence-corrected chi connectivity index (χ4v) is 1.53. The number of hydrogen-bond donors (Lipinski definition) is 1. The predicted molar refractivity (Wildman–Crippen MR) is 49.3 cm³/mol. The molecular formula is C9H17FN2O. The van der Waals surface area contributed by atoms with E-state index in [0.29, 0.717) is 19.5 Å². The quantitative estimate of drug-likeness (QED) is 0.701. The van der Waals surface area contributed by atoms with Crippen LogP contribution < -0.4 is 5.32 Å². The third-order valence-corrected chi connectivity index (χ3v) is 2.26. The van der Waals surface area contributed by atoms with Crippen molar-refractivity contribution in [3.63, 3.8) is 0 Å². The smallest absolute Gasteiger partial charge is 0.222 e. The maximum atomic E-state index is 12.3. The van der Waals surface area contributed by atoms with E-state index in [-0.39, 0.29) is 11.9 Å². The van der Waals surface area contributed by atoms with Crippen molar-refractivity contribution in [2.24, 2.45) is 0 Å². The van der Waals surface area contributed by atoms with E-state index in [1.54, 1.807) is 4.90 Å². The fraction of sp³-hybridized carbons (Fsp3) is 0.889. The maximum Gasteiger partial charge on any atom is 0.222 e. The molecule has 1 unspecified atom stereocenters. The van der Waals surface area contributed by atoms with Gasteiger partial charge >= 0.3 is 0 Å². The second-order valence-corrected chi connectivity index (χ2v) is 3.40. The first-order chi connectivity index (χ1) is 6.27. The van der Waals surface area contributed by atoms with E-state index in [2.05, 4.69) is 5.32 Å². The Kier molecular flexibility index (Phi) is 4.15. The normalized spacial score (nSPS) is 23.2. The van der Waals surface area contributed by atoms with Gasteiger partial charge in [0.05, 0.1) is 6.04 Å². The molecule has 0 aliphatic carbocycles. The van der Waals surface area contributed by atoms with E-state index in [0.717, 1.165) is 13.0 Å². The van der Waals surface area contributed by atoms with Crippen LogP contribution in [0.2, 0.25) is 0 Å². The summed E-state index contributed by atoms with van der Waals surface area (Å²) in [6.45, 7) is 3.54.